The van der Waals surface area contributed by atoms with E-state index in [1.165, 1.54) is 7.11 Å². The van der Waals surface area contributed by atoms with Crippen molar-refractivity contribution in [2.24, 2.45) is 0 Å². The lowest BCUT2D eigenvalue weighted by Gasteiger charge is -2.07. The molecule has 0 aliphatic carbocycles. The third-order valence-corrected chi connectivity index (χ3v) is 4.19. The van der Waals surface area contributed by atoms with Gasteiger partial charge in [-0.25, -0.2) is 17.9 Å². The molecule has 0 amide bonds. The van der Waals surface area contributed by atoms with Gasteiger partial charge < -0.3 is 10.1 Å². The monoisotopic (exact) mass is 314 g/mol. The van der Waals surface area contributed by atoms with Crippen LogP contribution in [0.15, 0.2) is 24.3 Å². The highest BCUT2D eigenvalue weighted by atomic mass is 32.2. The zero-order valence-corrected chi connectivity index (χ0v) is 13.2. The maximum Gasteiger partial charge on any atom is 0.337 e. The van der Waals surface area contributed by atoms with Crippen molar-refractivity contribution in [3.05, 3.63) is 35.4 Å². The van der Waals surface area contributed by atoms with Crippen molar-refractivity contribution in [3.63, 3.8) is 0 Å². The van der Waals surface area contributed by atoms with E-state index in [0.29, 0.717) is 17.7 Å². The topological polar surface area (TPSA) is 84.5 Å². The molecule has 0 saturated heterocycles. The van der Waals surface area contributed by atoms with Crippen LogP contribution in [0, 0.1) is 0 Å². The summed E-state index contributed by atoms with van der Waals surface area (Å²) in [5.74, 6) is -0.540. The molecule has 0 heterocycles. The average Bonchev–Trinajstić information content (AvgIpc) is 2.46. The van der Waals surface area contributed by atoms with E-state index in [-0.39, 0.29) is 5.75 Å². The Morgan fingerprint density at radius 3 is 2.43 bits per heavy atom. The summed E-state index contributed by atoms with van der Waals surface area (Å²) < 4.78 is 30.9. The Bertz CT molecular complexity index is 541. The highest BCUT2D eigenvalue weighted by Gasteiger charge is 2.11. The second kappa shape index (κ2) is 8.76. The summed E-state index contributed by atoms with van der Waals surface area (Å²) in [7, 11) is -2.05. The normalized spacial score (nSPS) is 11.3. The molecule has 2 N–H and O–H groups in total. The van der Waals surface area contributed by atoms with Gasteiger partial charge in [0.25, 0.3) is 0 Å². The minimum atomic E-state index is -3.35. The molecule has 0 bridgehead atoms. The van der Waals surface area contributed by atoms with Gasteiger partial charge in [0, 0.05) is 6.54 Å². The second-order valence-electron chi connectivity index (χ2n) is 4.55. The zero-order valence-electron chi connectivity index (χ0n) is 12.4. The Balaban J connectivity index is 2.49. The van der Waals surface area contributed by atoms with Crippen LogP contribution in [0.3, 0.4) is 0 Å². The lowest BCUT2D eigenvalue weighted by molar-refractivity contribution is 0.0600. The minimum absolute atomic E-state index is 0.102. The first kappa shape index (κ1) is 17.6. The minimum Gasteiger partial charge on any atom is -0.465 e. The lowest BCUT2D eigenvalue weighted by atomic mass is 10.1. The van der Waals surface area contributed by atoms with Crippen LogP contribution in [-0.2, 0) is 20.5 Å². The second-order valence-corrected chi connectivity index (χ2v) is 6.36. The van der Waals surface area contributed by atoms with Gasteiger partial charge in [-0.05, 0) is 37.2 Å². The number of rotatable bonds is 9. The van der Waals surface area contributed by atoms with Crippen molar-refractivity contribution >= 4 is 16.0 Å². The molecule has 118 valence electrons. The van der Waals surface area contributed by atoms with Crippen LogP contribution in [0.25, 0.3) is 0 Å². The Labute approximate surface area is 125 Å². The number of nitrogens with one attached hydrogen (secondary N) is 2. The number of carbonyl (C=O) groups excluding carboxylic acids is 1. The summed E-state index contributed by atoms with van der Waals surface area (Å²) in [6, 6.07) is 6.35. The average molecular weight is 314 g/mol. The summed E-state index contributed by atoms with van der Waals surface area (Å²) in [5, 5.41) is 3.13. The molecular weight excluding hydrogens is 292 g/mol. The SMILES string of the molecule is CCNCCCNS(=O)(=O)Cc1ccc(C(=O)OC)cc1. The number of ether oxygens (including phenoxy) is 1. The van der Waals surface area contributed by atoms with Crippen LogP contribution < -0.4 is 10.0 Å². The predicted octanol–water partition coefficient (Wildman–Crippen LogP) is 0.892. The maximum absolute atomic E-state index is 11.9. The largest absolute Gasteiger partial charge is 0.465 e. The highest BCUT2D eigenvalue weighted by molar-refractivity contribution is 7.88. The van der Waals surface area contributed by atoms with Gasteiger partial charge in [-0.1, -0.05) is 19.1 Å². The lowest BCUT2D eigenvalue weighted by Crippen LogP contribution is -2.28. The van der Waals surface area contributed by atoms with Crippen molar-refractivity contribution in [2.75, 3.05) is 26.7 Å². The maximum atomic E-state index is 11.9. The molecule has 1 aromatic rings. The molecule has 0 radical (unpaired) electrons. The molecule has 0 fully saturated rings. The molecule has 0 atom stereocenters. The third kappa shape index (κ3) is 6.70. The first-order valence-electron chi connectivity index (χ1n) is 6.84. The van der Waals surface area contributed by atoms with Gasteiger partial charge in [0.1, 0.15) is 0 Å². The summed E-state index contributed by atoms with van der Waals surface area (Å²) in [4.78, 5) is 11.3. The van der Waals surface area contributed by atoms with Crippen LogP contribution in [-0.4, -0.2) is 41.1 Å². The number of sulfonamides is 1. The van der Waals surface area contributed by atoms with E-state index in [1.807, 2.05) is 6.92 Å². The first-order chi connectivity index (χ1) is 9.98. The molecular formula is C14H22N2O4S. The van der Waals surface area contributed by atoms with E-state index in [1.54, 1.807) is 24.3 Å². The molecule has 0 saturated carbocycles. The standard InChI is InChI=1S/C14H22N2O4S/c1-3-15-9-4-10-16-21(18,19)11-12-5-7-13(8-6-12)14(17)20-2/h5-8,15-16H,3-4,9-11H2,1-2H3. The van der Waals surface area contributed by atoms with Gasteiger partial charge in [-0.15, -0.1) is 0 Å². The zero-order chi connectivity index (χ0) is 15.7. The molecule has 21 heavy (non-hydrogen) atoms. The fourth-order valence-corrected chi connectivity index (χ4v) is 2.93. The summed E-state index contributed by atoms with van der Waals surface area (Å²) in [6.07, 6.45) is 0.744. The number of hydrogen-bond donors (Lipinski definition) is 2. The summed E-state index contributed by atoms with van der Waals surface area (Å²) >= 11 is 0. The van der Waals surface area contributed by atoms with Crippen molar-refractivity contribution in [3.8, 4) is 0 Å². The molecule has 0 aliphatic heterocycles. The molecule has 6 nitrogen and oxygen atoms in total. The van der Waals surface area contributed by atoms with Crippen molar-refractivity contribution in [1.82, 2.24) is 10.0 Å². The van der Waals surface area contributed by atoms with E-state index in [4.69, 9.17) is 0 Å². The van der Waals surface area contributed by atoms with Gasteiger partial charge in [0.05, 0.1) is 18.4 Å². The van der Waals surface area contributed by atoms with Crippen molar-refractivity contribution in [1.29, 1.82) is 0 Å². The fourth-order valence-electron chi connectivity index (χ4n) is 1.74. The number of hydrogen-bond acceptors (Lipinski definition) is 5. The molecule has 0 spiro atoms. The molecule has 1 rings (SSSR count). The Hall–Kier alpha value is -1.44. The Kier molecular flexibility index (Phi) is 7.35. The number of benzene rings is 1. The fraction of sp³-hybridized carbons (Fsp3) is 0.500. The van der Waals surface area contributed by atoms with Gasteiger partial charge in [0.2, 0.25) is 10.0 Å². The molecule has 0 aliphatic rings. The van der Waals surface area contributed by atoms with E-state index in [0.717, 1.165) is 19.5 Å². The third-order valence-electron chi connectivity index (χ3n) is 2.83. The van der Waals surface area contributed by atoms with Gasteiger partial charge in [-0.3, -0.25) is 0 Å². The van der Waals surface area contributed by atoms with Crippen LogP contribution >= 0.6 is 0 Å². The number of esters is 1. The summed E-state index contributed by atoms with van der Waals surface area (Å²) in [6.45, 7) is 4.07. The Morgan fingerprint density at radius 2 is 1.86 bits per heavy atom. The van der Waals surface area contributed by atoms with Crippen LogP contribution in [0.4, 0.5) is 0 Å². The van der Waals surface area contributed by atoms with E-state index < -0.39 is 16.0 Å². The first-order valence-corrected chi connectivity index (χ1v) is 8.49. The summed E-state index contributed by atoms with van der Waals surface area (Å²) in [5.41, 5.74) is 1.03. The molecule has 0 unspecified atom stereocenters. The molecule has 7 heteroatoms. The quantitative estimate of drug-likeness (QED) is 0.522. The van der Waals surface area contributed by atoms with E-state index in [2.05, 4.69) is 14.8 Å². The van der Waals surface area contributed by atoms with Gasteiger partial charge >= 0.3 is 5.97 Å². The number of carbonyl (C=O) groups is 1. The highest BCUT2D eigenvalue weighted by Crippen LogP contribution is 2.08. The van der Waals surface area contributed by atoms with Crippen LogP contribution in [0.5, 0.6) is 0 Å². The number of methoxy groups -OCH3 is 1. The van der Waals surface area contributed by atoms with E-state index >= 15 is 0 Å². The molecule has 0 aromatic heterocycles. The van der Waals surface area contributed by atoms with Gasteiger partial charge in [-0.2, -0.15) is 0 Å². The molecule has 1 aromatic carbocycles. The predicted molar refractivity (Wildman–Crippen MR) is 81.6 cm³/mol. The van der Waals surface area contributed by atoms with Crippen molar-refractivity contribution in [2.45, 2.75) is 19.1 Å². The Morgan fingerprint density at radius 1 is 1.19 bits per heavy atom. The van der Waals surface area contributed by atoms with Crippen molar-refractivity contribution < 1.29 is 17.9 Å². The van der Waals surface area contributed by atoms with Gasteiger partial charge in [0.15, 0.2) is 0 Å². The van der Waals surface area contributed by atoms with Crippen LogP contribution in [0.1, 0.15) is 29.3 Å². The van der Waals surface area contributed by atoms with E-state index in [9.17, 15) is 13.2 Å². The smallest absolute Gasteiger partial charge is 0.337 e. The van der Waals surface area contributed by atoms with Crippen LogP contribution in [0.2, 0.25) is 0 Å².